The summed E-state index contributed by atoms with van der Waals surface area (Å²) in [4.78, 5) is 8.61. The van der Waals surface area contributed by atoms with E-state index < -0.39 is 0 Å². The van der Waals surface area contributed by atoms with Crippen molar-refractivity contribution in [1.82, 2.24) is 15.3 Å². The molecule has 0 aliphatic rings. The van der Waals surface area contributed by atoms with Gasteiger partial charge in [-0.05, 0) is 44.2 Å². The average molecular weight is 257 g/mol. The molecule has 0 aliphatic carbocycles. The Bertz CT molecular complexity index is 555. The summed E-state index contributed by atoms with van der Waals surface area (Å²) in [7, 11) is 0. The SMILES string of the molecule is CCNCc1cc(C)nc(Oc2cccnc2C)c1. The molecule has 0 aliphatic heterocycles. The molecule has 0 unspecified atom stereocenters. The largest absolute Gasteiger partial charge is 0.437 e. The zero-order valence-electron chi connectivity index (χ0n) is 11.6. The van der Waals surface area contributed by atoms with Crippen molar-refractivity contribution < 1.29 is 4.74 Å². The summed E-state index contributed by atoms with van der Waals surface area (Å²) in [5, 5.41) is 3.30. The van der Waals surface area contributed by atoms with Gasteiger partial charge in [0.15, 0.2) is 5.75 Å². The van der Waals surface area contributed by atoms with Crippen LogP contribution in [0.3, 0.4) is 0 Å². The molecule has 2 aromatic heterocycles. The number of ether oxygens (including phenoxy) is 1. The maximum absolute atomic E-state index is 5.81. The topological polar surface area (TPSA) is 47.0 Å². The van der Waals surface area contributed by atoms with Crippen LogP contribution in [0.1, 0.15) is 23.9 Å². The van der Waals surface area contributed by atoms with Gasteiger partial charge in [-0.1, -0.05) is 6.92 Å². The molecule has 0 fully saturated rings. The van der Waals surface area contributed by atoms with E-state index in [4.69, 9.17) is 4.74 Å². The van der Waals surface area contributed by atoms with Gasteiger partial charge >= 0.3 is 0 Å². The van der Waals surface area contributed by atoms with Gasteiger partial charge in [0.05, 0.1) is 5.69 Å². The maximum atomic E-state index is 5.81. The third kappa shape index (κ3) is 3.76. The normalized spacial score (nSPS) is 10.5. The second-order valence-electron chi connectivity index (χ2n) is 4.42. The number of aromatic nitrogens is 2. The van der Waals surface area contributed by atoms with Crippen LogP contribution in [0.15, 0.2) is 30.5 Å². The molecule has 0 atom stereocenters. The predicted molar refractivity (Wildman–Crippen MR) is 75.4 cm³/mol. The van der Waals surface area contributed by atoms with Gasteiger partial charge in [-0.15, -0.1) is 0 Å². The van der Waals surface area contributed by atoms with Crippen LogP contribution in [0, 0.1) is 13.8 Å². The summed E-state index contributed by atoms with van der Waals surface area (Å²) in [5.41, 5.74) is 2.98. The minimum Gasteiger partial charge on any atom is -0.437 e. The van der Waals surface area contributed by atoms with E-state index in [1.165, 1.54) is 5.56 Å². The van der Waals surface area contributed by atoms with Crippen molar-refractivity contribution >= 4 is 0 Å². The van der Waals surface area contributed by atoms with Crippen LogP contribution in [0.2, 0.25) is 0 Å². The van der Waals surface area contributed by atoms with E-state index in [1.54, 1.807) is 6.20 Å². The van der Waals surface area contributed by atoms with E-state index in [-0.39, 0.29) is 0 Å². The van der Waals surface area contributed by atoms with E-state index in [1.807, 2.05) is 32.0 Å². The summed E-state index contributed by atoms with van der Waals surface area (Å²) in [5.74, 6) is 1.36. The first-order valence-electron chi connectivity index (χ1n) is 6.47. The van der Waals surface area contributed by atoms with Crippen molar-refractivity contribution in [3.05, 3.63) is 47.4 Å². The van der Waals surface area contributed by atoms with E-state index in [2.05, 4.69) is 28.3 Å². The van der Waals surface area contributed by atoms with E-state index >= 15 is 0 Å². The predicted octanol–water partition coefficient (Wildman–Crippen LogP) is 3.00. The molecule has 2 aromatic rings. The number of hydrogen-bond donors (Lipinski definition) is 1. The fourth-order valence-corrected chi connectivity index (χ4v) is 1.82. The first kappa shape index (κ1) is 13.5. The van der Waals surface area contributed by atoms with Crippen LogP contribution in [0.25, 0.3) is 0 Å². The van der Waals surface area contributed by atoms with Crippen molar-refractivity contribution in [2.45, 2.75) is 27.3 Å². The Hall–Kier alpha value is -1.94. The Morgan fingerprint density at radius 1 is 1.26 bits per heavy atom. The van der Waals surface area contributed by atoms with Crippen molar-refractivity contribution in [3.63, 3.8) is 0 Å². The minimum atomic E-state index is 0.615. The van der Waals surface area contributed by atoms with Gasteiger partial charge in [-0.25, -0.2) is 4.98 Å². The van der Waals surface area contributed by atoms with Crippen LogP contribution in [-0.2, 0) is 6.54 Å². The Morgan fingerprint density at radius 2 is 2.11 bits per heavy atom. The zero-order chi connectivity index (χ0) is 13.7. The molecule has 19 heavy (non-hydrogen) atoms. The molecule has 2 heterocycles. The summed E-state index contributed by atoms with van der Waals surface area (Å²) in [6.45, 7) is 7.75. The number of hydrogen-bond acceptors (Lipinski definition) is 4. The molecule has 0 amide bonds. The quantitative estimate of drug-likeness (QED) is 0.894. The molecule has 0 spiro atoms. The summed E-state index contributed by atoms with van der Waals surface area (Å²) in [6.07, 6.45) is 1.75. The van der Waals surface area contributed by atoms with Gasteiger partial charge in [-0.3, -0.25) is 4.98 Å². The molecule has 0 bridgehead atoms. The summed E-state index contributed by atoms with van der Waals surface area (Å²) in [6, 6.07) is 7.78. The van der Waals surface area contributed by atoms with Crippen molar-refractivity contribution in [2.75, 3.05) is 6.54 Å². The van der Waals surface area contributed by atoms with Crippen LogP contribution in [0.4, 0.5) is 0 Å². The molecule has 4 heteroatoms. The molecule has 0 saturated heterocycles. The van der Waals surface area contributed by atoms with Crippen molar-refractivity contribution in [1.29, 1.82) is 0 Å². The fourth-order valence-electron chi connectivity index (χ4n) is 1.82. The molecule has 1 N–H and O–H groups in total. The van der Waals surface area contributed by atoms with Gasteiger partial charge < -0.3 is 10.1 Å². The van der Waals surface area contributed by atoms with Crippen LogP contribution < -0.4 is 10.1 Å². The smallest absolute Gasteiger partial charge is 0.219 e. The number of aryl methyl sites for hydroxylation is 2. The van der Waals surface area contributed by atoms with Crippen LogP contribution >= 0.6 is 0 Å². The molecule has 100 valence electrons. The Labute approximate surface area is 113 Å². The molecule has 0 aromatic carbocycles. The number of nitrogens with one attached hydrogen (secondary N) is 1. The molecule has 0 radical (unpaired) electrons. The van der Waals surface area contributed by atoms with E-state index in [0.717, 1.165) is 30.2 Å². The second-order valence-corrected chi connectivity index (χ2v) is 4.42. The number of nitrogens with zero attached hydrogens (tertiary/aromatic N) is 2. The standard InChI is InChI=1S/C15H19N3O/c1-4-16-10-13-8-11(2)18-15(9-13)19-14-6-5-7-17-12(14)3/h5-9,16H,4,10H2,1-3H3. The highest BCUT2D eigenvalue weighted by Gasteiger charge is 2.05. The molecule has 0 saturated carbocycles. The van der Waals surface area contributed by atoms with Gasteiger partial charge in [0.1, 0.15) is 0 Å². The minimum absolute atomic E-state index is 0.615. The maximum Gasteiger partial charge on any atom is 0.219 e. The van der Waals surface area contributed by atoms with Crippen molar-refractivity contribution in [2.24, 2.45) is 0 Å². The highest BCUT2D eigenvalue weighted by Crippen LogP contribution is 2.22. The van der Waals surface area contributed by atoms with Crippen LogP contribution in [-0.4, -0.2) is 16.5 Å². The molecular formula is C15H19N3O. The van der Waals surface area contributed by atoms with E-state index in [9.17, 15) is 0 Å². The number of pyridine rings is 2. The lowest BCUT2D eigenvalue weighted by molar-refractivity contribution is 0.454. The molecular weight excluding hydrogens is 238 g/mol. The van der Waals surface area contributed by atoms with Gasteiger partial charge in [0.2, 0.25) is 5.88 Å². The first-order chi connectivity index (χ1) is 9.19. The van der Waals surface area contributed by atoms with Gasteiger partial charge in [-0.2, -0.15) is 0 Å². The van der Waals surface area contributed by atoms with Crippen LogP contribution in [0.5, 0.6) is 11.6 Å². The number of rotatable bonds is 5. The monoisotopic (exact) mass is 257 g/mol. The van der Waals surface area contributed by atoms with E-state index in [0.29, 0.717) is 5.88 Å². The highest BCUT2D eigenvalue weighted by atomic mass is 16.5. The fraction of sp³-hybridized carbons (Fsp3) is 0.333. The highest BCUT2D eigenvalue weighted by molar-refractivity contribution is 5.32. The summed E-state index contributed by atoms with van der Waals surface area (Å²) < 4.78 is 5.81. The Kier molecular flexibility index (Phi) is 4.47. The Morgan fingerprint density at radius 3 is 2.84 bits per heavy atom. The summed E-state index contributed by atoms with van der Waals surface area (Å²) >= 11 is 0. The third-order valence-electron chi connectivity index (χ3n) is 2.74. The molecule has 4 nitrogen and oxygen atoms in total. The molecule has 2 rings (SSSR count). The Balaban J connectivity index is 2.20. The van der Waals surface area contributed by atoms with Crippen molar-refractivity contribution in [3.8, 4) is 11.6 Å². The lowest BCUT2D eigenvalue weighted by Crippen LogP contribution is -2.12. The van der Waals surface area contributed by atoms with Gasteiger partial charge in [0, 0.05) is 24.5 Å². The second kappa shape index (κ2) is 6.29. The average Bonchev–Trinajstić information content (AvgIpc) is 2.38. The van der Waals surface area contributed by atoms with Gasteiger partial charge in [0.25, 0.3) is 0 Å². The zero-order valence-corrected chi connectivity index (χ0v) is 11.6. The third-order valence-corrected chi connectivity index (χ3v) is 2.74. The first-order valence-corrected chi connectivity index (χ1v) is 6.47. The lowest BCUT2D eigenvalue weighted by Gasteiger charge is -2.10. The lowest BCUT2D eigenvalue weighted by atomic mass is 10.2.